The standard InChI is InChI=1S/C13H20ClN5O3Si/c1-23(2,3)5-4-22-8-15-10(20)7-19-11-9(6-16-19)17-13(14)18-12(11)21/h6H,4-5,7-8H2,1-3H3,(H,15,20)(H,17,18,21). The van der Waals surface area contributed by atoms with Crippen molar-refractivity contribution in [2.75, 3.05) is 13.3 Å². The molecule has 0 saturated heterocycles. The topological polar surface area (TPSA) is 102 Å². The molecule has 0 spiro atoms. The number of fused-ring (bicyclic) bond motifs is 1. The van der Waals surface area contributed by atoms with Crippen LogP contribution in [0.25, 0.3) is 11.0 Å². The average Bonchev–Trinajstić information content (AvgIpc) is 2.80. The van der Waals surface area contributed by atoms with Crippen LogP contribution in [-0.4, -0.2) is 47.1 Å². The van der Waals surface area contributed by atoms with Crippen molar-refractivity contribution in [2.45, 2.75) is 32.2 Å². The maximum atomic E-state index is 11.9. The smallest absolute Gasteiger partial charge is 0.278 e. The molecule has 8 nitrogen and oxygen atoms in total. The predicted octanol–water partition coefficient (Wildman–Crippen LogP) is 1.20. The number of nitrogens with one attached hydrogen (secondary N) is 2. The number of halogens is 1. The van der Waals surface area contributed by atoms with E-state index in [2.05, 4.69) is 40.0 Å². The van der Waals surface area contributed by atoms with Crippen molar-refractivity contribution < 1.29 is 9.53 Å². The predicted molar refractivity (Wildman–Crippen MR) is 90.3 cm³/mol. The van der Waals surface area contributed by atoms with Gasteiger partial charge in [-0.3, -0.25) is 14.6 Å². The second-order valence-electron chi connectivity index (χ2n) is 6.36. The summed E-state index contributed by atoms with van der Waals surface area (Å²) in [6.07, 6.45) is 1.40. The van der Waals surface area contributed by atoms with Gasteiger partial charge in [0.1, 0.15) is 18.8 Å². The number of H-pyrrole nitrogens is 1. The Bertz CT molecular complexity index is 752. The van der Waals surface area contributed by atoms with Crippen LogP contribution in [-0.2, 0) is 16.1 Å². The summed E-state index contributed by atoms with van der Waals surface area (Å²) >= 11 is 5.67. The third kappa shape index (κ3) is 5.15. The first-order chi connectivity index (χ1) is 10.8. The van der Waals surface area contributed by atoms with Crippen molar-refractivity contribution in [1.29, 1.82) is 0 Å². The quantitative estimate of drug-likeness (QED) is 0.335. The van der Waals surface area contributed by atoms with E-state index in [0.29, 0.717) is 12.1 Å². The highest BCUT2D eigenvalue weighted by molar-refractivity contribution is 6.76. The summed E-state index contributed by atoms with van der Waals surface area (Å²) < 4.78 is 6.69. The van der Waals surface area contributed by atoms with Gasteiger partial charge in [0, 0.05) is 14.7 Å². The van der Waals surface area contributed by atoms with Gasteiger partial charge in [-0.2, -0.15) is 5.10 Å². The molecule has 0 aromatic carbocycles. The number of carbonyl (C=O) groups excluding carboxylic acids is 1. The van der Waals surface area contributed by atoms with Gasteiger partial charge < -0.3 is 10.1 Å². The minimum Gasteiger partial charge on any atom is -0.362 e. The molecule has 2 heterocycles. The SMILES string of the molecule is C[Si](C)(C)CCOCNC(=O)Cn1ncc2nc(Cl)[nH]c(=O)c21. The van der Waals surface area contributed by atoms with E-state index < -0.39 is 13.6 Å². The summed E-state index contributed by atoms with van der Waals surface area (Å²) in [6, 6.07) is 1.04. The third-order valence-electron chi connectivity index (χ3n) is 3.13. The van der Waals surface area contributed by atoms with Crippen LogP contribution in [0.15, 0.2) is 11.0 Å². The van der Waals surface area contributed by atoms with E-state index in [4.69, 9.17) is 16.3 Å². The largest absolute Gasteiger partial charge is 0.362 e. The molecule has 0 fully saturated rings. The number of ether oxygens (including phenoxy) is 1. The monoisotopic (exact) mass is 357 g/mol. The number of carbonyl (C=O) groups is 1. The molecule has 2 N–H and O–H groups in total. The molecule has 0 radical (unpaired) electrons. The van der Waals surface area contributed by atoms with Crippen LogP contribution < -0.4 is 10.9 Å². The summed E-state index contributed by atoms with van der Waals surface area (Å²) in [4.78, 5) is 30.1. The Kier molecular flexibility index (Phi) is 5.55. The zero-order chi connectivity index (χ0) is 17.0. The van der Waals surface area contributed by atoms with Crippen molar-refractivity contribution in [2.24, 2.45) is 0 Å². The minimum atomic E-state index is -1.14. The van der Waals surface area contributed by atoms with E-state index in [1.54, 1.807) is 0 Å². The molecular weight excluding hydrogens is 338 g/mol. The van der Waals surface area contributed by atoms with Gasteiger partial charge in [-0.25, -0.2) is 9.67 Å². The fraction of sp³-hybridized carbons (Fsp3) is 0.538. The molecule has 0 unspecified atom stereocenters. The van der Waals surface area contributed by atoms with Crippen molar-refractivity contribution >= 4 is 36.6 Å². The zero-order valence-corrected chi connectivity index (χ0v) is 15.1. The number of aromatic nitrogens is 4. The molecule has 0 aliphatic heterocycles. The minimum absolute atomic E-state index is 0.0118. The fourth-order valence-electron chi connectivity index (χ4n) is 1.87. The molecule has 2 rings (SSSR count). The van der Waals surface area contributed by atoms with Crippen molar-refractivity contribution in [3.63, 3.8) is 0 Å². The normalized spacial score (nSPS) is 11.8. The van der Waals surface area contributed by atoms with Gasteiger partial charge in [-0.05, 0) is 17.6 Å². The van der Waals surface area contributed by atoms with Crippen LogP contribution >= 0.6 is 11.6 Å². The Balaban J connectivity index is 1.88. The first-order valence-electron chi connectivity index (χ1n) is 7.22. The molecule has 0 aliphatic carbocycles. The van der Waals surface area contributed by atoms with Gasteiger partial charge in [0.15, 0.2) is 5.52 Å². The lowest BCUT2D eigenvalue weighted by molar-refractivity contribution is -0.123. The van der Waals surface area contributed by atoms with Crippen molar-refractivity contribution in [3.8, 4) is 0 Å². The summed E-state index contributed by atoms with van der Waals surface area (Å²) in [5.74, 6) is -0.294. The Morgan fingerprint density at radius 3 is 2.91 bits per heavy atom. The maximum absolute atomic E-state index is 11.9. The Morgan fingerprint density at radius 1 is 1.48 bits per heavy atom. The zero-order valence-electron chi connectivity index (χ0n) is 13.4. The fourth-order valence-corrected chi connectivity index (χ4v) is 2.80. The summed E-state index contributed by atoms with van der Waals surface area (Å²) in [5, 5.41) is 6.62. The van der Waals surface area contributed by atoms with Crippen LogP contribution in [0.4, 0.5) is 0 Å². The van der Waals surface area contributed by atoms with E-state index >= 15 is 0 Å². The van der Waals surface area contributed by atoms with Crippen molar-refractivity contribution in [1.82, 2.24) is 25.1 Å². The van der Waals surface area contributed by atoms with Gasteiger partial charge in [0.25, 0.3) is 5.56 Å². The first-order valence-corrected chi connectivity index (χ1v) is 11.3. The third-order valence-corrected chi connectivity index (χ3v) is 5.01. The van der Waals surface area contributed by atoms with Gasteiger partial charge >= 0.3 is 0 Å². The lowest BCUT2D eigenvalue weighted by Gasteiger charge is -2.15. The van der Waals surface area contributed by atoms with E-state index in [-0.39, 0.29) is 30.0 Å². The summed E-state index contributed by atoms with van der Waals surface area (Å²) in [5.41, 5.74) is 0.124. The van der Waals surface area contributed by atoms with Crippen LogP contribution in [0.5, 0.6) is 0 Å². The van der Waals surface area contributed by atoms with E-state index in [0.717, 1.165) is 6.04 Å². The van der Waals surface area contributed by atoms with Crippen molar-refractivity contribution in [3.05, 3.63) is 21.8 Å². The lowest BCUT2D eigenvalue weighted by atomic mass is 10.4. The molecule has 126 valence electrons. The maximum Gasteiger partial charge on any atom is 0.278 e. The average molecular weight is 358 g/mol. The summed E-state index contributed by atoms with van der Waals surface area (Å²) in [6.45, 7) is 7.46. The van der Waals surface area contributed by atoms with Crippen LogP contribution in [0.1, 0.15) is 0 Å². The Morgan fingerprint density at radius 2 is 2.22 bits per heavy atom. The molecule has 2 aromatic rings. The molecule has 10 heteroatoms. The highest BCUT2D eigenvalue weighted by Crippen LogP contribution is 2.08. The molecule has 23 heavy (non-hydrogen) atoms. The molecule has 1 amide bonds. The number of hydrogen-bond acceptors (Lipinski definition) is 5. The van der Waals surface area contributed by atoms with Gasteiger partial charge in [0.05, 0.1) is 6.20 Å². The second-order valence-corrected chi connectivity index (χ2v) is 12.3. The lowest BCUT2D eigenvalue weighted by Crippen LogP contribution is -2.31. The number of rotatable bonds is 7. The highest BCUT2D eigenvalue weighted by Gasteiger charge is 2.13. The Labute approximate surface area is 139 Å². The molecule has 0 saturated carbocycles. The van der Waals surface area contributed by atoms with E-state index in [1.165, 1.54) is 10.9 Å². The van der Waals surface area contributed by atoms with E-state index in [1.807, 2.05) is 0 Å². The summed E-state index contributed by atoms with van der Waals surface area (Å²) in [7, 11) is -1.14. The molecule has 0 aliphatic rings. The number of nitrogens with zero attached hydrogens (tertiary/aromatic N) is 3. The number of aromatic amines is 1. The van der Waals surface area contributed by atoms with Gasteiger partial charge in [-0.1, -0.05) is 19.6 Å². The number of hydrogen-bond donors (Lipinski definition) is 2. The van der Waals surface area contributed by atoms with Gasteiger partial charge in [-0.15, -0.1) is 0 Å². The van der Waals surface area contributed by atoms with Gasteiger partial charge in [0.2, 0.25) is 11.2 Å². The van der Waals surface area contributed by atoms with Crippen LogP contribution in [0.3, 0.4) is 0 Å². The second kappa shape index (κ2) is 7.24. The molecule has 2 aromatic heterocycles. The van der Waals surface area contributed by atoms with E-state index in [9.17, 15) is 9.59 Å². The Hall–Kier alpha value is -1.71. The molecule has 0 atom stereocenters. The molecular formula is C13H20ClN5O3Si. The highest BCUT2D eigenvalue weighted by atomic mass is 35.5. The number of amides is 1. The first kappa shape index (κ1) is 17.6. The molecule has 0 bridgehead atoms. The van der Waals surface area contributed by atoms with Crippen LogP contribution in [0, 0.1) is 0 Å². The van der Waals surface area contributed by atoms with Crippen LogP contribution in [0.2, 0.25) is 31.0 Å².